The van der Waals surface area contributed by atoms with Crippen LogP contribution < -0.4 is 9.64 Å². The first-order valence-electron chi connectivity index (χ1n) is 8.35. The molecule has 0 N–H and O–H groups in total. The maximum atomic E-state index is 12.9. The average molecular weight is 339 g/mol. The maximum Gasteiger partial charge on any atom is 0.259 e. The number of ether oxygens (including phenoxy) is 1. The van der Waals surface area contributed by atoms with Gasteiger partial charge in [-0.05, 0) is 37.6 Å². The minimum atomic E-state index is -0.484. The van der Waals surface area contributed by atoms with Crippen molar-refractivity contribution in [3.8, 4) is 5.88 Å². The molecule has 0 aliphatic carbocycles. The van der Waals surface area contributed by atoms with Crippen molar-refractivity contribution in [2.75, 3.05) is 25.1 Å². The van der Waals surface area contributed by atoms with E-state index in [-0.39, 0.29) is 11.8 Å². The third-order valence-electron chi connectivity index (χ3n) is 4.32. The van der Waals surface area contributed by atoms with Gasteiger partial charge in [0, 0.05) is 25.5 Å². The molecule has 1 fully saturated rings. The van der Waals surface area contributed by atoms with Crippen molar-refractivity contribution in [1.29, 1.82) is 0 Å². The molecule has 6 nitrogen and oxygen atoms in total. The summed E-state index contributed by atoms with van der Waals surface area (Å²) in [4.78, 5) is 33.0. The number of aromatic nitrogens is 1. The molecule has 0 saturated carbocycles. The van der Waals surface area contributed by atoms with E-state index >= 15 is 0 Å². The summed E-state index contributed by atoms with van der Waals surface area (Å²) in [5.74, 6) is -0.0269. The molecular weight excluding hydrogens is 318 g/mol. The number of likely N-dealkylation sites (N-methyl/N-ethyl adjacent to an activating group) is 1. The Bertz CT molecular complexity index is 764. The Morgan fingerprint density at radius 1 is 1.28 bits per heavy atom. The van der Waals surface area contributed by atoms with Crippen LogP contribution in [0.25, 0.3) is 0 Å². The summed E-state index contributed by atoms with van der Waals surface area (Å²) in [6.07, 6.45) is 2.18. The summed E-state index contributed by atoms with van der Waals surface area (Å²) in [6, 6.07) is 12.4. The second-order valence-corrected chi connectivity index (χ2v) is 5.84. The van der Waals surface area contributed by atoms with Crippen molar-refractivity contribution < 1.29 is 14.3 Å². The van der Waals surface area contributed by atoms with Gasteiger partial charge in [0.1, 0.15) is 11.6 Å². The fraction of sp³-hybridized carbons (Fsp3) is 0.316. The number of anilines is 1. The van der Waals surface area contributed by atoms with E-state index in [1.807, 2.05) is 37.3 Å². The molecule has 0 radical (unpaired) electrons. The highest BCUT2D eigenvalue weighted by Gasteiger charge is 2.37. The predicted molar refractivity (Wildman–Crippen MR) is 94.7 cm³/mol. The lowest BCUT2D eigenvalue weighted by Crippen LogP contribution is -2.43. The lowest BCUT2D eigenvalue weighted by Gasteiger charge is -2.24. The Kier molecular flexibility index (Phi) is 4.97. The normalized spacial score (nSPS) is 16.8. The van der Waals surface area contributed by atoms with Crippen molar-refractivity contribution in [2.45, 2.75) is 19.4 Å². The Hall–Kier alpha value is -2.89. The molecule has 2 amide bonds. The molecule has 1 aromatic heterocycles. The highest BCUT2D eigenvalue weighted by molar-refractivity contribution is 6.04. The van der Waals surface area contributed by atoms with Crippen molar-refractivity contribution in [3.63, 3.8) is 0 Å². The van der Waals surface area contributed by atoms with Crippen LogP contribution in [-0.2, 0) is 4.79 Å². The molecule has 0 spiro atoms. The molecule has 6 heteroatoms. The minimum absolute atomic E-state index is 0.0658. The Morgan fingerprint density at radius 3 is 2.76 bits per heavy atom. The lowest BCUT2D eigenvalue weighted by atomic mass is 10.1. The number of rotatable bonds is 5. The third-order valence-corrected chi connectivity index (χ3v) is 4.32. The van der Waals surface area contributed by atoms with Gasteiger partial charge in [0.15, 0.2) is 0 Å². The monoisotopic (exact) mass is 339 g/mol. The lowest BCUT2D eigenvalue weighted by molar-refractivity contribution is -0.120. The number of hydrogen-bond acceptors (Lipinski definition) is 4. The highest BCUT2D eigenvalue weighted by Crippen LogP contribution is 2.25. The smallest absolute Gasteiger partial charge is 0.259 e. The van der Waals surface area contributed by atoms with Crippen LogP contribution in [0.2, 0.25) is 0 Å². The molecule has 1 aliphatic rings. The van der Waals surface area contributed by atoms with Gasteiger partial charge in [-0.3, -0.25) is 9.59 Å². The molecule has 0 unspecified atom stereocenters. The van der Waals surface area contributed by atoms with Gasteiger partial charge in [-0.25, -0.2) is 4.98 Å². The van der Waals surface area contributed by atoms with Crippen LogP contribution in [0.4, 0.5) is 5.69 Å². The number of para-hydroxylation sites is 1. The van der Waals surface area contributed by atoms with Crippen LogP contribution in [0.5, 0.6) is 5.88 Å². The third kappa shape index (κ3) is 3.33. The predicted octanol–water partition coefficient (Wildman–Crippen LogP) is 2.36. The fourth-order valence-corrected chi connectivity index (χ4v) is 3.03. The molecule has 1 aromatic carbocycles. The minimum Gasteiger partial charge on any atom is -0.477 e. The number of pyridine rings is 1. The molecule has 3 rings (SSSR count). The van der Waals surface area contributed by atoms with E-state index in [0.717, 1.165) is 5.69 Å². The van der Waals surface area contributed by atoms with E-state index < -0.39 is 6.04 Å². The molecule has 2 heterocycles. The van der Waals surface area contributed by atoms with Crippen molar-refractivity contribution in [3.05, 3.63) is 54.2 Å². The van der Waals surface area contributed by atoms with Crippen molar-refractivity contribution in [1.82, 2.24) is 9.88 Å². The first kappa shape index (κ1) is 17.0. The SMILES string of the molecule is CCOc1ncccc1C(=O)N(C)[C@H]1CCN(c2ccccc2)C1=O. The number of hydrogen-bond donors (Lipinski definition) is 0. The van der Waals surface area contributed by atoms with E-state index in [4.69, 9.17) is 4.74 Å². The number of carbonyl (C=O) groups is 2. The Morgan fingerprint density at radius 2 is 2.04 bits per heavy atom. The fourth-order valence-electron chi connectivity index (χ4n) is 3.03. The first-order chi connectivity index (χ1) is 12.1. The number of benzene rings is 1. The Balaban J connectivity index is 1.79. The zero-order valence-corrected chi connectivity index (χ0v) is 14.4. The number of carbonyl (C=O) groups excluding carboxylic acids is 2. The molecule has 1 aliphatic heterocycles. The van der Waals surface area contributed by atoms with Crippen LogP contribution >= 0.6 is 0 Å². The summed E-state index contributed by atoms with van der Waals surface area (Å²) in [7, 11) is 1.65. The second-order valence-electron chi connectivity index (χ2n) is 5.84. The quantitative estimate of drug-likeness (QED) is 0.839. The van der Waals surface area contributed by atoms with Crippen LogP contribution in [0.3, 0.4) is 0 Å². The molecule has 1 saturated heterocycles. The van der Waals surface area contributed by atoms with Gasteiger partial charge in [-0.1, -0.05) is 18.2 Å². The average Bonchev–Trinajstić information content (AvgIpc) is 3.03. The summed E-state index contributed by atoms with van der Waals surface area (Å²) >= 11 is 0. The summed E-state index contributed by atoms with van der Waals surface area (Å²) < 4.78 is 5.43. The second kappa shape index (κ2) is 7.34. The van der Waals surface area contributed by atoms with Gasteiger partial charge < -0.3 is 14.5 Å². The van der Waals surface area contributed by atoms with E-state index in [1.54, 1.807) is 30.3 Å². The van der Waals surface area contributed by atoms with E-state index in [0.29, 0.717) is 31.0 Å². The topological polar surface area (TPSA) is 62.7 Å². The van der Waals surface area contributed by atoms with Crippen molar-refractivity contribution >= 4 is 17.5 Å². The van der Waals surface area contributed by atoms with Gasteiger partial charge >= 0.3 is 0 Å². The van der Waals surface area contributed by atoms with E-state index in [9.17, 15) is 9.59 Å². The van der Waals surface area contributed by atoms with E-state index in [2.05, 4.69) is 4.98 Å². The first-order valence-corrected chi connectivity index (χ1v) is 8.35. The zero-order chi connectivity index (χ0) is 17.8. The van der Waals surface area contributed by atoms with Crippen molar-refractivity contribution in [2.24, 2.45) is 0 Å². The van der Waals surface area contributed by atoms with Crippen LogP contribution in [0.1, 0.15) is 23.7 Å². The largest absolute Gasteiger partial charge is 0.477 e. The van der Waals surface area contributed by atoms with E-state index in [1.165, 1.54) is 4.90 Å². The molecule has 25 heavy (non-hydrogen) atoms. The number of amides is 2. The van der Waals surface area contributed by atoms with Crippen LogP contribution in [0, 0.1) is 0 Å². The Labute approximate surface area is 147 Å². The number of nitrogens with zero attached hydrogens (tertiary/aromatic N) is 3. The van der Waals surface area contributed by atoms with Crippen LogP contribution in [-0.4, -0.2) is 47.9 Å². The summed E-state index contributed by atoms with van der Waals surface area (Å²) in [6.45, 7) is 2.85. The highest BCUT2D eigenvalue weighted by atomic mass is 16.5. The maximum absolute atomic E-state index is 12.9. The van der Waals surface area contributed by atoms with Gasteiger partial charge in [0.05, 0.1) is 6.61 Å². The van der Waals surface area contributed by atoms with Gasteiger partial charge in [-0.2, -0.15) is 0 Å². The molecule has 130 valence electrons. The van der Waals surface area contributed by atoms with Gasteiger partial charge in [0.25, 0.3) is 5.91 Å². The molecular formula is C19H21N3O3. The molecule has 0 bridgehead atoms. The molecule has 2 aromatic rings. The van der Waals surface area contributed by atoms with Gasteiger partial charge in [-0.15, -0.1) is 0 Å². The zero-order valence-electron chi connectivity index (χ0n) is 14.4. The summed E-state index contributed by atoms with van der Waals surface area (Å²) in [5, 5.41) is 0. The summed E-state index contributed by atoms with van der Waals surface area (Å²) in [5.41, 5.74) is 1.23. The standard InChI is InChI=1S/C19H21N3O3/c1-3-25-17-15(10-7-12-20-17)18(23)21(2)16-11-13-22(19(16)24)14-8-5-4-6-9-14/h4-10,12,16H,3,11,13H2,1-2H3/t16-/m0/s1. The van der Waals surface area contributed by atoms with Crippen LogP contribution in [0.15, 0.2) is 48.7 Å². The molecule has 1 atom stereocenters. The van der Waals surface area contributed by atoms with Gasteiger partial charge in [0.2, 0.25) is 11.8 Å².